The van der Waals surface area contributed by atoms with Crippen LogP contribution in [0.15, 0.2) is 30.3 Å². The Labute approximate surface area is 174 Å². The minimum Gasteiger partial charge on any atom is -0.493 e. The molecule has 0 aromatic heterocycles. The van der Waals surface area contributed by atoms with Gasteiger partial charge in [-0.1, -0.05) is 11.6 Å². The Bertz CT molecular complexity index is 903. The van der Waals surface area contributed by atoms with Crippen LogP contribution in [-0.4, -0.2) is 40.5 Å². The lowest BCUT2D eigenvalue weighted by Crippen LogP contribution is -2.08. The number of fused-ring (bicyclic) bond motifs is 1. The summed E-state index contributed by atoms with van der Waals surface area (Å²) in [6.07, 6.45) is 3.81. The first kappa shape index (κ1) is 20.7. The molecule has 1 heterocycles. The van der Waals surface area contributed by atoms with Gasteiger partial charge >= 0.3 is 0 Å². The number of anilines is 1. The highest BCUT2D eigenvalue weighted by molar-refractivity contribution is 6.34. The van der Waals surface area contributed by atoms with Crippen LogP contribution in [0.5, 0.6) is 28.7 Å². The highest BCUT2D eigenvalue weighted by atomic mass is 35.5. The van der Waals surface area contributed by atoms with E-state index in [4.69, 9.17) is 35.3 Å². The van der Waals surface area contributed by atoms with Crippen LogP contribution >= 0.6 is 11.6 Å². The molecule has 1 aliphatic rings. The second kappa shape index (κ2) is 9.43. The maximum absolute atomic E-state index is 12.4. The van der Waals surface area contributed by atoms with Crippen molar-refractivity contribution in [2.75, 3.05) is 39.9 Å². The van der Waals surface area contributed by atoms with Crippen molar-refractivity contribution in [1.82, 2.24) is 0 Å². The summed E-state index contributed by atoms with van der Waals surface area (Å²) in [5, 5.41) is 3.11. The molecule has 0 unspecified atom stereocenters. The average molecular weight is 420 g/mol. The molecule has 29 heavy (non-hydrogen) atoms. The largest absolute Gasteiger partial charge is 0.493 e. The molecule has 8 heteroatoms. The zero-order valence-electron chi connectivity index (χ0n) is 16.4. The number of hydrogen-bond donors (Lipinski definition) is 1. The van der Waals surface area contributed by atoms with E-state index >= 15 is 0 Å². The number of carbonyl (C=O) groups excluding carboxylic acids is 1. The molecule has 0 spiro atoms. The molecule has 0 saturated carbocycles. The summed E-state index contributed by atoms with van der Waals surface area (Å²) in [5.74, 6) is 2.25. The van der Waals surface area contributed by atoms with Gasteiger partial charge in [-0.15, -0.1) is 0 Å². The fourth-order valence-electron chi connectivity index (χ4n) is 2.82. The van der Waals surface area contributed by atoms with Gasteiger partial charge in [-0.05, 0) is 23.8 Å². The van der Waals surface area contributed by atoms with Gasteiger partial charge in [0.15, 0.2) is 23.0 Å². The summed E-state index contributed by atoms with van der Waals surface area (Å²) in [4.78, 5) is 12.4. The Balaban J connectivity index is 1.77. The monoisotopic (exact) mass is 419 g/mol. The smallest absolute Gasteiger partial charge is 0.248 e. The van der Waals surface area contributed by atoms with Gasteiger partial charge < -0.3 is 29.0 Å². The summed E-state index contributed by atoms with van der Waals surface area (Å²) in [6, 6.07) is 6.78. The molecular weight excluding hydrogens is 398 g/mol. The third kappa shape index (κ3) is 4.86. The standard InChI is InChI=1S/C21H22ClNO6/c1-25-18-9-13(10-19(26-2)21(18)27-3)5-6-20(24)23-15-12-17-16(11-14(15)22)28-7-4-8-29-17/h5-6,9-12H,4,7-8H2,1-3H3,(H,23,24). The van der Waals surface area contributed by atoms with Gasteiger partial charge in [-0.3, -0.25) is 4.79 Å². The summed E-state index contributed by atoms with van der Waals surface area (Å²) in [6.45, 7) is 1.11. The predicted octanol–water partition coefficient (Wildman–Crippen LogP) is 4.18. The Morgan fingerprint density at radius 1 is 1.00 bits per heavy atom. The van der Waals surface area contributed by atoms with Crippen LogP contribution in [0.2, 0.25) is 5.02 Å². The highest BCUT2D eigenvalue weighted by Crippen LogP contribution is 2.39. The number of methoxy groups -OCH3 is 3. The van der Waals surface area contributed by atoms with Gasteiger partial charge in [0.25, 0.3) is 0 Å². The van der Waals surface area contributed by atoms with Crippen molar-refractivity contribution in [3.05, 3.63) is 40.9 Å². The Hall–Kier alpha value is -3.06. The molecule has 0 atom stereocenters. The number of rotatable bonds is 6. The lowest BCUT2D eigenvalue weighted by molar-refractivity contribution is -0.111. The Kier molecular flexibility index (Phi) is 6.72. The second-order valence-electron chi connectivity index (χ2n) is 6.11. The fourth-order valence-corrected chi connectivity index (χ4v) is 3.02. The lowest BCUT2D eigenvalue weighted by Gasteiger charge is -2.13. The van der Waals surface area contributed by atoms with E-state index in [-0.39, 0.29) is 5.91 Å². The van der Waals surface area contributed by atoms with Gasteiger partial charge in [-0.2, -0.15) is 0 Å². The first-order valence-corrected chi connectivity index (χ1v) is 9.31. The van der Waals surface area contributed by atoms with Crippen molar-refractivity contribution < 1.29 is 28.5 Å². The first-order valence-electron chi connectivity index (χ1n) is 8.94. The SMILES string of the molecule is COc1cc(C=CC(=O)Nc2cc3c(cc2Cl)OCCCO3)cc(OC)c1OC. The molecule has 7 nitrogen and oxygen atoms in total. The maximum Gasteiger partial charge on any atom is 0.248 e. The van der Waals surface area contributed by atoms with E-state index in [2.05, 4.69) is 5.32 Å². The van der Waals surface area contributed by atoms with Crippen LogP contribution in [0.25, 0.3) is 6.08 Å². The minimum absolute atomic E-state index is 0.352. The number of carbonyl (C=O) groups is 1. The molecule has 0 fully saturated rings. The molecule has 1 N–H and O–H groups in total. The maximum atomic E-state index is 12.4. The number of benzene rings is 2. The quantitative estimate of drug-likeness (QED) is 0.708. The lowest BCUT2D eigenvalue weighted by atomic mass is 10.1. The number of ether oxygens (including phenoxy) is 5. The number of amides is 1. The third-order valence-electron chi connectivity index (χ3n) is 4.21. The number of nitrogens with one attached hydrogen (secondary N) is 1. The molecule has 3 rings (SSSR count). The van der Waals surface area contributed by atoms with E-state index < -0.39 is 0 Å². The van der Waals surface area contributed by atoms with E-state index in [9.17, 15) is 4.79 Å². The van der Waals surface area contributed by atoms with Crippen molar-refractivity contribution in [1.29, 1.82) is 0 Å². The van der Waals surface area contributed by atoms with Crippen LogP contribution in [-0.2, 0) is 4.79 Å². The molecule has 0 radical (unpaired) electrons. The molecule has 1 amide bonds. The number of hydrogen-bond acceptors (Lipinski definition) is 6. The summed E-state index contributed by atoms with van der Waals surface area (Å²) in [5.41, 5.74) is 1.15. The van der Waals surface area contributed by atoms with E-state index in [1.54, 1.807) is 30.3 Å². The van der Waals surface area contributed by atoms with Gasteiger partial charge in [0.05, 0.1) is 45.3 Å². The summed E-state index contributed by atoms with van der Waals surface area (Å²) >= 11 is 6.27. The normalized spacial score (nSPS) is 13.0. The first-order chi connectivity index (χ1) is 14.0. The zero-order chi connectivity index (χ0) is 20.8. The van der Waals surface area contributed by atoms with E-state index in [0.717, 1.165) is 6.42 Å². The van der Waals surface area contributed by atoms with E-state index in [1.165, 1.54) is 27.4 Å². The zero-order valence-corrected chi connectivity index (χ0v) is 17.2. The average Bonchev–Trinajstić information content (AvgIpc) is 2.96. The van der Waals surface area contributed by atoms with E-state index in [0.29, 0.717) is 58.2 Å². The molecule has 2 aromatic carbocycles. The van der Waals surface area contributed by atoms with Crippen molar-refractivity contribution >= 4 is 29.3 Å². The van der Waals surface area contributed by atoms with Gasteiger partial charge in [0.2, 0.25) is 11.7 Å². The van der Waals surface area contributed by atoms with Crippen molar-refractivity contribution in [3.63, 3.8) is 0 Å². The van der Waals surface area contributed by atoms with Crippen LogP contribution in [0.1, 0.15) is 12.0 Å². The van der Waals surface area contributed by atoms with Crippen LogP contribution in [0.3, 0.4) is 0 Å². The van der Waals surface area contributed by atoms with Gasteiger partial charge in [-0.25, -0.2) is 0 Å². The minimum atomic E-state index is -0.352. The summed E-state index contributed by atoms with van der Waals surface area (Å²) < 4.78 is 27.2. The van der Waals surface area contributed by atoms with Crippen molar-refractivity contribution in [3.8, 4) is 28.7 Å². The Morgan fingerprint density at radius 2 is 1.62 bits per heavy atom. The molecule has 0 saturated heterocycles. The van der Waals surface area contributed by atoms with Crippen molar-refractivity contribution in [2.24, 2.45) is 0 Å². The molecule has 1 aliphatic heterocycles. The van der Waals surface area contributed by atoms with Crippen LogP contribution in [0.4, 0.5) is 5.69 Å². The molecular formula is C21H22ClNO6. The Morgan fingerprint density at radius 3 is 2.21 bits per heavy atom. The van der Waals surface area contributed by atoms with Crippen molar-refractivity contribution in [2.45, 2.75) is 6.42 Å². The number of halogens is 1. The molecule has 0 bridgehead atoms. The molecule has 154 valence electrons. The third-order valence-corrected chi connectivity index (χ3v) is 4.52. The second-order valence-corrected chi connectivity index (χ2v) is 6.52. The molecule has 0 aliphatic carbocycles. The van der Waals surface area contributed by atoms with Crippen LogP contribution < -0.4 is 29.0 Å². The van der Waals surface area contributed by atoms with Crippen LogP contribution in [0, 0.1) is 0 Å². The van der Waals surface area contributed by atoms with Gasteiger partial charge in [0, 0.05) is 24.6 Å². The van der Waals surface area contributed by atoms with Gasteiger partial charge in [0.1, 0.15) is 0 Å². The fraction of sp³-hybridized carbons (Fsp3) is 0.286. The van der Waals surface area contributed by atoms with E-state index in [1.807, 2.05) is 0 Å². The highest BCUT2D eigenvalue weighted by Gasteiger charge is 2.15. The predicted molar refractivity (Wildman–Crippen MR) is 111 cm³/mol. The summed E-state index contributed by atoms with van der Waals surface area (Å²) in [7, 11) is 4.59. The topological polar surface area (TPSA) is 75.3 Å². The molecule has 2 aromatic rings.